The molecule has 26 heavy (non-hydrogen) atoms. The molecule has 0 amide bonds. The first kappa shape index (κ1) is 25.1. The number of carbonyl (C=O) groups excluding carboxylic acids is 1. The van der Waals surface area contributed by atoms with Gasteiger partial charge in [-0.05, 0) is 45.4 Å². The minimum atomic E-state index is -0.0874. The van der Waals surface area contributed by atoms with Crippen LogP contribution in [0, 0.1) is 0 Å². The second-order valence-corrected chi connectivity index (χ2v) is 7.52. The largest absolute Gasteiger partial charge is 0.324 e. The third-order valence-corrected chi connectivity index (χ3v) is 5.14. The zero-order chi connectivity index (χ0) is 19.5. The lowest BCUT2D eigenvalue weighted by molar-refractivity contribution is -0.116. The van der Waals surface area contributed by atoms with E-state index in [1.165, 1.54) is 70.6 Å². The SMILES string of the molecule is CC=C(C(=O)CCCCCCC/C=C\CCCCCCCC)C(N)CC. The molecule has 0 aromatic carbocycles. The monoisotopic (exact) mass is 363 g/mol. The summed E-state index contributed by atoms with van der Waals surface area (Å²) in [5, 5.41) is 0. The molecule has 152 valence electrons. The maximum absolute atomic E-state index is 12.2. The average molecular weight is 364 g/mol. The number of unbranched alkanes of at least 4 members (excludes halogenated alkanes) is 11. The first-order chi connectivity index (χ1) is 12.7. The predicted octanol–water partition coefficient (Wildman–Crippen LogP) is 7.28. The van der Waals surface area contributed by atoms with E-state index < -0.39 is 0 Å². The second-order valence-electron chi connectivity index (χ2n) is 7.52. The van der Waals surface area contributed by atoms with E-state index >= 15 is 0 Å². The van der Waals surface area contributed by atoms with Crippen molar-refractivity contribution >= 4 is 5.78 Å². The number of rotatable bonds is 18. The van der Waals surface area contributed by atoms with Crippen molar-refractivity contribution in [3.05, 3.63) is 23.8 Å². The first-order valence-electron chi connectivity index (χ1n) is 11.3. The van der Waals surface area contributed by atoms with Crippen LogP contribution in [0.1, 0.15) is 117 Å². The fourth-order valence-corrected chi connectivity index (χ4v) is 3.30. The minimum absolute atomic E-state index is 0.0874. The van der Waals surface area contributed by atoms with Crippen molar-refractivity contribution in [2.45, 2.75) is 123 Å². The summed E-state index contributed by atoms with van der Waals surface area (Å²) >= 11 is 0. The van der Waals surface area contributed by atoms with Crippen LogP contribution in [0.4, 0.5) is 0 Å². The summed E-state index contributed by atoms with van der Waals surface area (Å²) in [6.07, 6.45) is 24.8. The Balaban J connectivity index is 3.45. The molecule has 0 aromatic rings. The van der Waals surface area contributed by atoms with Gasteiger partial charge < -0.3 is 5.73 Å². The van der Waals surface area contributed by atoms with Crippen LogP contribution >= 0.6 is 0 Å². The standard InChI is InChI=1S/C24H45NO/c1-4-7-8-9-10-11-12-13-14-15-16-17-18-19-20-21-24(26)22(5-2)23(25)6-3/h5,13-14,23H,4,6-12,15-21,25H2,1-3H3/b14-13-,22-5?. The highest BCUT2D eigenvalue weighted by Gasteiger charge is 2.14. The van der Waals surface area contributed by atoms with E-state index in [4.69, 9.17) is 5.73 Å². The Morgan fingerprint density at radius 3 is 1.81 bits per heavy atom. The first-order valence-corrected chi connectivity index (χ1v) is 11.3. The molecule has 1 unspecified atom stereocenters. The second kappa shape index (κ2) is 18.9. The summed E-state index contributed by atoms with van der Waals surface area (Å²) in [4.78, 5) is 12.2. The lowest BCUT2D eigenvalue weighted by atomic mass is 9.97. The van der Waals surface area contributed by atoms with Crippen molar-refractivity contribution in [1.82, 2.24) is 0 Å². The molecule has 0 aliphatic carbocycles. The van der Waals surface area contributed by atoms with Crippen LogP contribution in [-0.4, -0.2) is 11.8 Å². The quantitative estimate of drug-likeness (QED) is 0.158. The summed E-state index contributed by atoms with van der Waals surface area (Å²) in [7, 11) is 0. The molecule has 0 spiro atoms. The number of allylic oxidation sites excluding steroid dienone is 3. The molecule has 2 heteroatoms. The van der Waals surface area contributed by atoms with E-state index in [2.05, 4.69) is 19.1 Å². The number of ketones is 1. The Labute approximate surface area is 163 Å². The van der Waals surface area contributed by atoms with Crippen LogP contribution in [0.5, 0.6) is 0 Å². The van der Waals surface area contributed by atoms with Crippen LogP contribution in [0.25, 0.3) is 0 Å². The average Bonchev–Trinajstić information content (AvgIpc) is 2.65. The lowest BCUT2D eigenvalue weighted by Crippen LogP contribution is -2.26. The van der Waals surface area contributed by atoms with E-state index in [9.17, 15) is 4.79 Å². The van der Waals surface area contributed by atoms with E-state index in [0.717, 1.165) is 24.8 Å². The van der Waals surface area contributed by atoms with Crippen molar-refractivity contribution in [3.8, 4) is 0 Å². The number of nitrogens with two attached hydrogens (primary N) is 1. The van der Waals surface area contributed by atoms with Crippen molar-refractivity contribution in [2.75, 3.05) is 0 Å². The van der Waals surface area contributed by atoms with Gasteiger partial charge in [0.1, 0.15) is 0 Å². The molecule has 0 radical (unpaired) electrons. The van der Waals surface area contributed by atoms with Crippen LogP contribution in [0.3, 0.4) is 0 Å². The molecule has 0 aliphatic rings. The van der Waals surface area contributed by atoms with E-state index in [1.807, 2.05) is 19.9 Å². The van der Waals surface area contributed by atoms with Crippen molar-refractivity contribution in [3.63, 3.8) is 0 Å². The molecular formula is C24H45NO. The topological polar surface area (TPSA) is 43.1 Å². The highest BCUT2D eigenvalue weighted by molar-refractivity contribution is 5.96. The van der Waals surface area contributed by atoms with Crippen LogP contribution in [-0.2, 0) is 4.79 Å². The Kier molecular flexibility index (Phi) is 18.2. The summed E-state index contributed by atoms with van der Waals surface area (Å²) < 4.78 is 0. The van der Waals surface area contributed by atoms with Crippen LogP contribution < -0.4 is 5.73 Å². The van der Waals surface area contributed by atoms with Gasteiger partial charge in [0.05, 0.1) is 0 Å². The van der Waals surface area contributed by atoms with Gasteiger partial charge in [-0.3, -0.25) is 4.79 Å². The zero-order valence-corrected chi connectivity index (χ0v) is 17.9. The smallest absolute Gasteiger partial charge is 0.160 e. The van der Waals surface area contributed by atoms with Gasteiger partial charge >= 0.3 is 0 Å². The van der Waals surface area contributed by atoms with Gasteiger partial charge in [0.2, 0.25) is 0 Å². The highest BCUT2D eigenvalue weighted by Crippen LogP contribution is 2.13. The molecular weight excluding hydrogens is 318 g/mol. The summed E-state index contributed by atoms with van der Waals surface area (Å²) in [5.74, 6) is 0.250. The van der Waals surface area contributed by atoms with Crippen molar-refractivity contribution in [1.29, 1.82) is 0 Å². The molecule has 0 heterocycles. The zero-order valence-electron chi connectivity index (χ0n) is 17.9. The van der Waals surface area contributed by atoms with Gasteiger partial charge in [-0.1, -0.05) is 83.4 Å². The molecule has 0 aliphatic heterocycles. The van der Waals surface area contributed by atoms with Crippen LogP contribution in [0.15, 0.2) is 23.8 Å². The Hall–Kier alpha value is -0.890. The van der Waals surface area contributed by atoms with Crippen LogP contribution in [0.2, 0.25) is 0 Å². The molecule has 0 rings (SSSR count). The third-order valence-electron chi connectivity index (χ3n) is 5.14. The maximum Gasteiger partial charge on any atom is 0.160 e. The summed E-state index contributed by atoms with van der Waals surface area (Å²) in [5.41, 5.74) is 6.81. The Bertz CT molecular complexity index is 384. The fourth-order valence-electron chi connectivity index (χ4n) is 3.30. The van der Waals surface area contributed by atoms with Gasteiger partial charge in [0.15, 0.2) is 5.78 Å². The van der Waals surface area contributed by atoms with Gasteiger partial charge in [-0.25, -0.2) is 0 Å². The summed E-state index contributed by atoms with van der Waals surface area (Å²) in [6, 6.07) is -0.0874. The normalized spacial score (nSPS) is 13.5. The Morgan fingerprint density at radius 2 is 1.31 bits per heavy atom. The molecule has 2 nitrogen and oxygen atoms in total. The molecule has 0 aromatic heterocycles. The number of carbonyl (C=O) groups is 1. The molecule has 0 fully saturated rings. The number of hydrogen-bond acceptors (Lipinski definition) is 2. The predicted molar refractivity (Wildman–Crippen MR) is 116 cm³/mol. The molecule has 2 N–H and O–H groups in total. The number of hydrogen-bond donors (Lipinski definition) is 1. The molecule has 0 saturated carbocycles. The number of Topliss-reactive ketones (excluding diaryl/α,β-unsaturated/α-hetero) is 1. The lowest BCUT2D eigenvalue weighted by Gasteiger charge is -2.12. The summed E-state index contributed by atoms with van der Waals surface area (Å²) in [6.45, 7) is 6.22. The van der Waals surface area contributed by atoms with Gasteiger partial charge in [-0.15, -0.1) is 0 Å². The van der Waals surface area contributed by atoms with E-state index in [-0.39, 0.29) is 11.8 Å². The van der Waals surface area contributed by atoms with E-state index in [1.54, 1.807) is 0 Å². The van der Waals surface area contributed by atoms with E-state index in [0.29, 0.717) is 6.42 Å². The van der Waals surface area contributed by atoms with Gasteiger partial charge in [0, 0.05) is 18.0 Å². The van der Waals surface area contributed by atoms with Gasteiger partial charge in [-0.2, -0.15) is 0 Å². The minimum Gasteiger partial charge on any atom is -0.324 e. The molecule has 1 atom stereocenters. The Morgan fingerprint density at radius 1 is 0.808 bits per heavy atom. The molecule has 0 bridgehead atoms. The molecule has 0 saturated heterocycles. The third kappa shape index (κ3) is 14.3. The highest BCUT2D eigenvalue weighted by atomic mass is 16.1. The van der Waals surface area contributed by atoms with Crippen molar-refractivity contribution in [2.24, 2.45) is 5.73 Å². The fraction of sp³-hybridized carbons (Fsp3) is 0.792. The maximum atomic E-state index is 12.2. The van der Waals surface area contributed by atoms with Gasteiger partial charge in [0.25, 0.3) is 0 Å². The van der Waals surface area contributed by atoms with Crippen molar-refractivity contribution < 1.29 is 4.79 Å².